The fourth-order valence-corrected chi connectivity index (χ4v) is 3.98. The number of H-pyrrole nitrogens is 1. The molecular formula is C24H28N6O3. The van der Waals surface area contributed by atoms with Crippen LogP contribution in [0.5, 0.6) is 0 Å². The van der Waals surface area contributed by atoms with Gasteiger partial charge < -0.3 is 19.9 Å². The van der Waals surface area contributed by atoms with E-state index in [9.17, 15) is 9.59 Å². The Bertz CT molecular complexity index is 1360. The number of nitrogens with zero attached hydrogens (tertiary/aromatic N) is 4. The monoisotopic (exact) mass is 448 g/mol. The van der Waals surface area contributed by atoms with E-state index in [4.69, 9.17) is 15.5 Å². The number of benzene rings is 2. The van der Waals surface area contributed by atoms with E-state index in [0.717, 1.165) is 22.4 Å². The minimum Gasteiger partial charge on any atom is -0.385 e. The lowest BCUT2D eigenvalue weighted by molar-refractivity contribution is 0.196. The standard InChI is InChI=1S/C24H28N6O3/c1-28-19-12-7-6-11-18(19)26-20(28)16-29(13-8-14-33-2)21-22(25)30(24(32)27-23(21)31)15-17-9-4-3-5-10-17/h3-7,9-12H,8,13-16,25H2,1-2H3,(H,27,31,32). The molecule has 0 aliphatic rings. The van der Waals surface area contributed by atoms with Crippen LogP contribution in [0.25, 0.3) is 11.0 Å². The van der Waals surface area contributed by atoms with Gasteiger partial charge in [0, 0.05) is 27.3 Å². The van der Waals surface area contributed by atoms with Crippen LogP contribution >= 0.6 is 0 Å². The van der Waals surface area contributed by atoms with Crippen molar-refractivity contribution in [2.75, 3.05) is 30.9 Å². The van der Waals surface area contributed by atoms with Gasteiger partial charge in [0.05, 0.1) is 24.1 Å². The zero-order valence-electron chi connectivity index (χ0n) is 18.8. The molecule has 0 saturated carbocycles. The van der Waals surface area contributed by atoms with Gasteiger partial charge in [-0.1, -0.05) is 42.5 Å². The topological polar surface area (TPSA) is 111 Å². The fourth-order valence-electron chi connectivity index (χ4n) is 3.98. The van der Waals surface area contributed by atoms with Crippen molar-refractivity contribution in [1.82, 2.24) is 19.1 Å². The van der Waals surface area contributed by atoms with Crippen molar-refractivity contribution in [3.8, 4) is 0 Å². The summed E-state index contributed by atoms with van der Waals surface area (Å²) < 4.78 is 8.61. The number of nitrogens with one attached hydrogen (secondary N) is 1. The predicted molar refractivity (Wildman–Crippen MR) is 130 cm³/mol. The molecule has 0 aliphatic heterocycles. The van der Waals surface area contributed by atoms with E-state index in [1.165, 1.54) is 4.57 Å². The van der Waals surface area contributed by atoms with E-state index < -0.39 is 11.2 Å². The van der Waals surface area contributed by atoms with Gasteiger partial charge in [-0.2, -0.15) is 0 Å². The molecule has 2 heterocycles. The highest BCUT2D eigenvalue weighted by atomic mass is 16.5. The molecule has 9 nitrogen and oxygen atoms in total. The first-order valence-electron chi connectivity index (χ1n) is 10.8. The van der Waals surface area contributed by atoms with Crippen LogP contribution in [0.2, 0.25) is 0 Å². The van der Waals surface area contributed by atoms with Gasteiger partial charge in [0.25, 0.3) is 5.56 Å². The maximum atomic E-state index is 12.9. The number of anilines is 2. The largest absolute Gasteiger partial charge is 0.385 e. The summed E-state index contributed by atoms with van der Waals surface area (Å²) in [5, 5.41) is 0. The van der Waals surface area contributed by atoms with E-state index in [1.807, 2.05) is 71.1 Å². The molecule has 0 atom stereocenters. The number of ether oxygens (including phenoxy) is 1. The summed E-state index contributed by atoms with van der Waals surface area (Å²) in [6, 6.07) is 17.4. The molecule has 0 radical (unpaired) electrons. The quantitative estimate of drug-likeness (QED) is 0.379. The van der Waals surface area contributed by atoms with Gasteiger partial charge >= 0.3 is 5.69 Å². The fraction of sp³-hybridized carbons (Fsp3) is 0.292. The molecule has 172 valence electrons. The van der Waals surface area contributed by atoms with Crippen LogP contribution in [-0.2, 0) is 24.9 Å². The minimum atomic E-state index is -0.537. The first-order valence-corrected chi connectivity index (χ1v) is 10.8. The molecule has 0 unspecified atom stereocenters. The molecule has 2 aromatic carbocycles. The molecule has 4 aromatic rings. The number of nitrogens with two attached hydrogens (primary N) is 1. The second-order valence-corrected chi connectivity index (χ2v) is 7.91. The third-order valence-electron chi connectivity index (χ3n) is 5.70. The van der Waals surface area contributed by atoms with E-state index >= 15 is 0 Å². The zero-order valence-corrected chi connectivity index (χ0v) is 18.8. The van der Waals surface area contributed by atoms with E-state index in [0.29, 0.717) is 26.1 Å². The molecule has 4 rings (SSSR count). The number of nitrogen functional groups attached to an aromatic ring is 1. The van der Waals surface area contributed by atoms with Gasteiger partial charge in [0.15, 0.2) is 0 Å². The molecule has 0 bridgehead atoms. The van der Waals surface area contributed by atoms with Crippen molar-refractivity contribution in [1.29, 1.82) is 0 Å². The first kappa shape index (κ1) is 22.3. The Balaban J connectivity index is 1.76. The lowest BCUT2D eigenvalue weighted by Crippen LogP contribution is -2.39. The number of hydrogen-bond acceptors (Lipinski definition) is 6. The molecule has 0 saturated heterocycles. The van der Waals surface area contributed by atoms with Crippen LogP contribution in [0.1, 0.15) is 17.8 Å². The summed E-state index contributed by atoms with van der Waals surface area (Å²) in [4.78, 5) is 34.6. The molecule has 0 aliphatic carbocycles. The first-order chi connectivity index (χ1) is 16.0. The van der Waals surface area contributed by atoms with Crippen LogP contribution in [0.4, 0.5) is 11.5 Å². The molecule has 33 heavy (non-hydrogen) atoms. The lowest BCUT2D eigenvalue weighted by atomic mass is 10.2. The second-order valence-electron chi connectivity index (χ2n) is 7.91. The van der Waals surface area contributed by atoms with E-state index in [-0.39, 0.29) is 18.1 Å². The third kappa shape index (κ3) is 4.68. The predicted octanol–water partition coefficient (Wildman–Crippen LogP) is 2.10. The zero-order chi connectivity index (χ0) is 23.4. The average molecular weight is 449 g/mol. The van der Waals surface area contributed by atoms with Gasteiger partial charge in [0.2, 0.25) is 0 Å². The van der Waals surface area contributed by atoms with Crippen molar-refractivity contribution in [3.05, 3.63) is 86.8 Å². The normalized spacial score (nSPS) is 11.2. The third-order valence-corrected chi connectivity index (χ3v) is 5.70. The molecule has 3 N–H and O–H groups in total. The van der Waals surface area contributed by atoms with Gasteiger partial charge in [-0.25, -0.2) is 9.78 Å². The van der Waals surface area contributed by atoms with Crippen LogP contribution < -0.4 is 21.9 Å². The number of fused-ring (bicyclic) bond motifs is 1. The molecule has 9 heteroatoms. The number of aromatic nitrogens is 4. The maximum Gasteiger partial charge on any atom is 0.330 e. The SMILES string of the molecule is COCCCN(Cc1nc2ccccc2n1C)c1c(N)n(Cc2ccccc2)c(=O)[nH]c1=O. The van der Waals surface area contributed by atoms with Crippen LogP contribution in [-0.4, -0.2) is 39.4 Å². The highest BCUT2D eigenvalue weighted by molar-refractivity contribution is 5.76. The van der Waals surface area contributed by atoms with Crippen molar-refractivity contribution in [3.63, 3.8) is 0 Å². The summed E-state index contributed by atoms with van der Waals surface area (Å²) in [6.45, 7) is 1.65. The Hall–Kier alpha value is -3.85. The van der Waals surface area contributed by atoms with E-state index in [2.05, 4.69) is 4.98 Å². The minimum absolute atomic E-state index is 0.129. The summed E-state index contributed by atoms with van der Waals surface area (Å²) in [5.74, 6) is 0.914. The van der Waals surface area contributed by atoms with Crippen molar-refractivity contribution < 1.29 is 4.74 Å². The summed E-state index contributed by atoms with van der Waals surface area (Å²) >= 11 is 0. The number of methoxy groups -OCH3 is 1. The average Bonchev–Trinajstić information content (AvgIpc) is 3.12. The second kappa shape index (κ2) is 9.74. The van der Waals surface area contributed by atoms with Crippen LogP contribution in [0.15, 0.2) is 64.2 Å². The smallest absolute Gasteiger partial charge is 0.330 e. The van der Waals surface area contributed by atoms with Gasteiger partial charge in [-0.05, 0) is 24.1 Å². The van der Waals surface area contributed by atoms with Crippen molar-refractivity contribution in [2.45, 2.75) is 19.5 Å². The molecule has 0 fully saturated rings. The Kier molecular flexibility index (Phi) is 6.60. The van der Waals surface area contributed by atoms with Crippen molar-refractivity contribution >= 4 is 22.5 Å². The highest BCUT2D eigenvalue weighted by Crippen LogP contribution is 2.22. The Morgan fingerprint density at radius 1 is 1.09 bits per heavy atom. The van der Waals surface area contributed by atoms with Crippen LogP contribution in [0, 0.1) is 0 Å². The van der Waals surface area contributed by atoms with Gasteiger partial charge in [-0.3, -0.25) is 14.3 Å². The molecular weight excluding hydrogens is 420 g/mol. The molecule has 0 spiro atoms. The Morgan fingerprint density at radius 2 is 1.82 bits per heavy atom. The summed E-state index contributed by atoms with van der Waals surface area (Å²) in [7, 11) is 3.58. The van der Waals surface area contributed by atoms with Gasteiger partial charge in [0.1, 0.15) is 17.3 Å². The van der Waals surface area contributed by atoms with Gasteiger partial charge in [-0.15, -0.1) is 0 Å². The highest BCUT2D eigenvalue weighted by Gasteiger charge is 2.21. The molecule has 0 amide bonds. The van der Waals surface area contributed by atoms with Crippen LogP contribution in [0.3, 0.4) is 0 Å². The number of aromatic amines is 1. The number of aryl methyl sites for hydroxylation is 1. The number of imidazole rings is 1. The number of rotatable bonds is 9. The van der Waals surface area contributed by atoms with Crippen molar-refractivity contribution in [2.24, 2.45) is 7.05 Å². The maximum absolute atomic E-state index is 12.9. The summed E-state index contributed by atoms with van der Waals surface area (Å²) in [5.41, 5.74) is 8.44. The number of para-hydroxylation sites is 2. The molecule has 2 aromatic heterocycles. The van der Waals surface area contributed by atoms with E-state index in [1.54, 1.807) is 7.11 Å². The Morgan fingerprint density at radius 3 is 2.55 bits per heavy atom. The lowest BCUT2D eigenvalue weighted by Gasteiger charge is -2.26. The summed E-state index contributed by atoms with van der Waals surface area (Å²) in [6.07, 6.45) is 0.678. The number of hydrogen-bond donors (Lipinski definition) is 2. The Labute approximate surface area is 191 Å².